The van der Waals surface area contributed by atoms with Crippen LogP contribution in [0.2, 0.25) is 5.02 Å². The number of sulfone groups is 1. The van der Waals surface area contributed by atoms with Gasteiger partial charge in [-0.05, 0) is 19.4 Å². The Hall–Kier alpha value is -1.67. The van der Waals surface area contributed by atoms with Gasteiger partial charge in [-0.3, -0.25) is 14.9 Å². The maximum atomic E-state index is 12.2. The molecule has 1 unspecified atom stereocenters. The van der Waals surface area contributed by atoms with Gasteiger partial charge in [0.1, 0.15) is 0 Å². The summed E-state index contributed by atoms with van der Waals surface area (Å²) < 4.78 is 23.0. The average Bonchev–Trinajstić information content (AvgIpc) is 2.63. The predicted octanol–water partition coefficient (Wildman–Crippen LogP) is 1.56. The number of hydrogen-bond acceptors (Lipinski definition) is 5. The quantitative estimate of drug-likeness (QED) is 0.667. The van der Waals surface area contributed by atoms with Crippen LogP contribution in [0.15, 0.2) is 18.2 Å². The molecule has 1 fully saturated rings. The van der Waals surface area contributed by atoms with Crippen LogP contribution in [0.25, 0.3) is 0 Å². The fraction of sp³-hybridized carbons (Fsp3) is 0.417. The summed E-state index contributed by atoms with van der Waals surface area (Å²) >= 11 is 5.88. The van der Waals surface area contributed by atoms with Crippen molar-refractivity contribution in [1.29, 1.82) is 0 Å². The number of nitrogens with zero attached hydrogens (tertiary/aromatic N) is 1. The monoisotopic (exact) mass is 332 g/mol. The SMILES string of the molecule is CC1(NC(=O)c2cc([N+](=O)[O-])ccc2Cl)CCS(=O)(=O)C1. The van der Waals surface area contributed by atoms with E-state index in [1.165, 1.54) is 12.1 Å². The van der Waals surface area contributed by atoms with Gasteiger partial charge in [-0.15, -0.1) is 0 Å². The molecule has 1 atom stereocenters. The molecule has 1 heterocycles. The molecular weight excluding hydrogens is 320 g/mol. The third-order valence-electron chi connectivity index (χ3n) is 3.32. The first kappa shape index (κ1) is 15.7. The summed E-state index contributed by atoms with van der Waals surface area (Å²) in [6.07, 6.45) is 0.299. The van der Waals surface area contributed by atoms with Crippen molar-refractivity contribution in [2.24, 2.45) is 0 Å². The smallest absolute Gasteiger partial charge is 0.270 e. The Kier molecular flexibility index (Phi) is 3.94. The van der Waals surface area contributed by atoms with Crippen LogP contribution in [0.3, 0.4) is 0 Å². The molecule has 114 valence electrons. The highest BCUT2D eigenvalue weighted by Gasteiger charge is 2.39. The van der Waals surface area contributed by atoms with E-state index in [1.54, 1.807) is 6.92 Å². The van der Waals surface area contributed by atoms with Crippen LogP contribution in [0, 0.1) is 10.1 Å². The van der Waals surface area contributed by atoms with Gasteiger partial charge in [0.25, 0.3) is 11.6 Å². The Morgan fingerprint density at radius 3 is 2.67 bits per heavy atom. The fourth-order valence-corrected chi connectivity index (χ4v) is 4.55. The van der Waals surface area contributed by atoms with Crippen LogP contribution in [-0.4, -0.2) is 36.3 Å². The summed E-state index contributed by atoms with van der Waals surface area (Å²) in [4.78, 5) is 22.3. The standard InChI is InChI=1S/C12H13ClN2O5S/c1-12(4-5-21(19,20)7-12)14-11(16)9-6-8(15(17)18)2-3-10(9)13/h2-3,6H,4-5,7H2,1H3,(H,14,16). The van der Waals surface area contributed by atoms with Gasteiger partial charge in [0.2, 0.25) is 0 Å². The normalized spacial score (nSPS) is 23.7. The van der Waals surface area contributed by atoms with Crippen LogP contribution in [-0.2, 0) is 9.84 Å². The van der Waals surface area contributed by atoms with Gasteiger partial charge in [0.05, 0.1) is 32.6 Å². The van der Waals surface area contributed by atoms with Gasteiger partial charge in [-0.25, -0.2) is 8.42 Å². The molecular formula is C12H13ClN2O5S. The minimum absolute atomic E-state index is 0.00640. The number of hydrogen-bond donors (Lipinski definition) is 1. The predicted molar refractivity (Wildman–Crippen MR) is 77.2 cm³/mol. The number of nitro groups is 1. The lowest BCUT2D eigenvalue weighted by molar-refractivity contribution is -0.384. The Bertz CT molecular complexity index is 718. The van der Waals surface area contributed by atoms with E-state index < -0.39 is 26.2 Å². The van der Waals surface area contributed by atoms with Crippen LogP contribution in [0.5, 0.6) is 0 Å². The molecule has 2 rings (SSSR count). The minimum atomic E-state index is -3.17. The number of rotatable bonds is 3. The topological polar surface area (TPSA) is 106 Å². The minimum Gasteiger partial charge on any atom is -0.346 e. The molecule has 0 saturated carbocycles. The second-order valence-electron chi connectivity index (χ2n) is 5.28. The van der Waals surface area contributed by atoms with Gasteiger partial charge in [-0.1, -0.05) is 11.6 Å². The molecule has 0 aromatic heterocycles. The number of non-ortho nitro benzene ring substituents is 1. The number of amides is 1. The largest absolute Gasteiger partial charge is 0.346 e. The van der Waals surface area contributed by atoms with Crippen molar-refractivity contribution in [3.63, 3.8) is 0 Å². The number of carbonyl (C=O) groups is 1. The zero-order chi connectivity index (χ0) is 15.8. The highest BCUT2D eigenvalue weighted by Crippen LogP contribution is 2.26. The highest BCUT2D eigenvalue weighted by atomic mass is 35.5. The molecule has 1 aromatic rings. The number of benzene rings is 1. The zero-order valence-electron chi connectivity index (χ0n) is 11.1. The summed E-state index contributed by atoms with van der Waals surface area (Å²) in [6.45, 7) is 1.63. The van der Waals surface area contributed by atoms with E-state index in [0.29, 0.717) is 6.42 Å². The molecule has 1 aliphatic rings. The lowest BCUT2D eigenvalue weighted by atomic mass is 10.0. The van der Waals surface area contributed by atoms with E-state index in [2.05, 4.69) is 5.32 Å². The molecule has 0 aliphatic carbocycles. The van der Waals surface area contributed by atoms with Gasteiger partial charge in [0.15, 0.2) is 9.84 Å². The fourth-order valence-electron chi connectivity index (χ4n) is 2.25. The number of carbonyl (C=O) groups excluding carboxylic acids is 1. The van der Waals surface area contributed by atoms with Crippen molar-refractivity contribution in [3.8, 4) is 0 Å². The number of nitrogens with one attached hydrogen (secondary N) is 1. The maximum absolute atomic E-state index is 12.2. The lowest BCUT2D eigenvalue weighted by Crippen LogP contribution is -2.47. The van der Waals surface area contributed by atoms with Crippen LogP contribution in [0.4, 0.5) is 5.69 Å². The summed E-state index contributed by atoms with van der Waals surface area (Å²) in [6, 6.07) is 3.54. The lowest BCUT2D eigenvalue weighted by Gasteiger charge is -2.24. The number of halogens is 1. The molecule has 0 radical (unpaired) electrons. The molecule has 1 amide bonds. The number of nitro benzene ring substituents is 1. The van der Waals surface area contributed by atoms with Crippen molar-refractivity contribution in [3.05, 3.63) is 38.9 Å². The molecule has 1 N–H and O–H groups in total. The first-order chi connectivity index (χ1) is 9.62. The van der Waals surface area contributed by atoms with Crippen molar-refractivity contribution in [2.75, 3.05) is 11.5 Å². The first-order valence-corrected chi connectivity index (χ1v) is 8.29. The van der Waals surface area contributed by atoms with Gasteiger partial charge in [-0.2, -0.15) is 0 Å². The van der Waals surface area contributed by atoms with Crippen molar-refractivity contribution in [1.82, 2.24) is 5.32 Å². The van der Waals surface area contributed by atoms with Crippen LogP contribution >= 0.6 is 11.6 Å². The summed E-state index contributed by atoms with van der Waals surface area (Å²) in [5.74, 6) is -0.770. The van der Waals surface area contributed by atoms with Crippen molar-refractivity contribution >= 4 is 33.0 Å². The third kappa shape index (κ3) is 3.51. The molecule has 0 bridgehead atoms. The zero-order valence-corrected chi connectivity index (χ0v) is 12.7. The van der Waals surface area contributed by atoms with Gasteiger partial charge >= 0.3 is 0 Å². The Labute approximate surface area is 126 Å². The Morgan fingerprint density at radius 1 is 1.48 bits per heavy atom. The van der Waals surface area contributed by atoms with E-state index in [4.69, 9.17) is 11.6 Å². The van der Waals surface area contributed by atoms with Crippen molar-refractivity contribution < 1.29 is 18.1 Å². The maximum Gasteiger partial charge on any atom is 0.270 e. The van der Waals surface area contributed by atoms with Crippen LogP contribution < -0.4 is 5.32 Å². The summed E-state index contributed by atoms with van der Waals surface area (Å²) in [5, 5.41) is 13.4. The van der Waals surface area contributed by atoms with Crippen LogP contribution in [0.1, 0.15) is 23.7 Å². The molecule has 21 heavy (non-hydrogen) atoms. The van der Waals surface area contributed by atoms with Gasteiger partial charge in [0, 0.05) is 12.1 Å². The molecule has 9 heteroatoms. The molecule has 1 aliphatic heterocycles. The van der Waals surface area contributed by atoms with E-state index >= 15 is 0 Å². The summed E-state index contributed by atoms with van der Waals surface area (Å²) in [7, 11) is -3.17. The Balaban J connectivity index is 2.25. The second kappa shape index (κ2) is 5.27. The van der Waals surface area contributed by atoms with Crippen molar-refractivity contribution in [2.45, 2.75) is 18.9 Å². The van der Waals surface area contributed by atoms with E-state index in [9.17, 15) is 23.3 Å². The second-order valence-corrected chi connectivity index (χ2v) is 7.87. The average molecular weight is 333 g/mol. The molecule has 0 spiro atoms. The molecule has 1 saturated heterocycles. The molecule has 1 aromatic carbocycles. The first-order valence-electron chi connectivity index (χ1n) is 6.09. The summed E-state index contributed by atoms with van der Waals surface area (Å²) in [5.41, 5.74) is -1.19. The Morgan fingerprint density at radius 2 is 2.14 bits per heavy atom. The van der Waals surface area contributed by atoms with Gasteiger partial charge < -0.3 is 5.32 Å². The third-order valence-corrected chi connectivity index (χ3v) is 5.56. The van der Waals surface area contributed by atoms with E-state index in [-0.39, 0.29) is 27.8 Å². The highest BCUT2D eigenvalue weighted by molar-refractivity contribution is 7.91. The van der Waals surface area contributed by atoms with E-state index in [0.717, 1.165) is 6.07 Å². The van der Waals surface area contributed by atoms with E-state index in [1.807, 2.05) is 0 Å². The molecule has 7 nitrogen and oxygen atoms in total.